The molecule has 0 aromatic heterocycles. The van der Waals surface area contributed by atoms with Gasteiger partial charge >= 0.3 is 0 Å². The number of sulfonamides is 1. The van der Waals surface area contributed by atoms with E-state index in [0.29, 0.717) is 11.4 Å². The van der Waals surface area contributed by atoms with Gasteiger partial charge in [0.1, 0.15) is 18.1 Å². The fraction of sp³-hybridized carbons (Fsp3) is 0.240. The lowest BCUT2D eigenvalue weighted by molar-refractivity contribution is -0.114. The highest BCUT2D eigenvalue weighted by Gasteiger charge is 2.27. The Bertz CT molecular complexity index is 1180. The minimum absolute atomic E-state index is 0.103. The third kappa shape index (κ3) is 5.70. The van der Waals surface area contributed by atoms with Crippen LogP contribution in [0.1, 0.15) is 25.7 Å². The van der Waals surface area contributed by atoms with Crippen LogP contribution in [-0.2, 0) is 14.8 Å². The van der Waals surface area contributed by atoms with E-state index in [0.717, 1.165) is 35.0 Å². The molecule has 33 heavy (non-hydrogen) atoms. The summed E-state index contributed by atoms with van der Waals surface area (Å²) >= 11 is 0. The smallest absolute Gasteiger partial charge is 0.264 e. The van der Waals surface area contributed by atoms with Gasteiger partial charge in [-0.05, 0) is 86.3 Å². The maximum atomic E-state index is 13.3. The summed E-state index contributed by atoms with van der Waals surface area (Å²) in [7, 11) is -4.09. The molecule has 4 rings (SSSR count). The molecule has 0 heterocycles. The van der Waals surface area contributed by atoms with E-state index in [-0.39, 0.29) is 11.0 Å². The second-order valence-electron chi connectivity index (χ2n) is 7.90. The third-order valence-corrected chi connectivity index (χ3v) is 7.26. The molecular weight excluding hydrogens is 443 g/mol. The minimum Gasteiger partial charge on any atom is -0.490 e. The SMILES string of the molecule is O=C(CN(c1ccccc1)S(=O)(=O)c1ccc(F)cc1)Nc1ccc(OC2CCCC2)cc1. The average molecular weight is 469 g/mol. The molecule has 1 amide bonds. The van der Waals surface area contributed by atoms with Crippen molar-refractivity contribution in [2.45, 2.75) is 36.7 Å². The quantitative estimate of drug-likeness (QED) is 0.506. The molecule has 1 fully saturated rings. The molecular formula is C25H25FN2O4S. The fourth-order valence-corrected chi connectivity index (χ4v) is 5.21. The number of para-hydroxylation sites is 1. The van der Waals surface area contributed by atoms with Crippen molar-refractivity contribution in [3.63, 3.8) is 0 Å². The number of amides is 1. The summed E-state index contributed by atoms with van der Waals surface area (Å²) in [6.07, 6.45) is 4.70. The summed E-state index contributed by atoms with van der Waals surface area (Å²) in [5, 5.41) is 2.74. The molecule has 8 heteroatoms. The average Bonchev–Trinajstić information content (AvgIpc) is 3.33. The lowest BCUT2D eigenvalue weighted by Gasteiger charge is -2.24. The first-order valence-electron chi connectivity index (χ1n) is 10.8. The van der Waals surface area contributed by atoms with Crippen LogP contribution in [0.4, 0.5) is 15.8 Å². The fourth-order valence-electron chi connectivity index (χ4n) is 3.79. The molecule has 1 aliphatic rings. The number of hydrogen-bond acceptors (Lipinski definition) is 4. The number of anilines is 2. The molecule has 0 radical (unpaired) electrons. The van der Waals surface area contributed by atoms with Crippen LogP contribution in [-0.4, -0.2) is 27.0 Å². The lowest BCUT2D eigenvalue weighted by atomic mass is 10.2. The van der Waals surface area contributed by atoms with Crippen LogP contribution in [0.15, 0.2) is 83.8 Å². The van der Waals surface area contributed by atoms with E-state index in [9.17, 15) is 17.6 Å². The zero-order valence-corrected chi connectivity index (χ0v) is 18.8. The highest BCUT2D eigenvalue weighted by Crippen LogP contribution is 2.26. The van der Waals surface area contributed by atoms with Gasteiger partial charge in [-0.25, -0.2) is 12.8 Å². The van der Waals surface area contributed by atoms with Crippen molar-refractivity contribution >= 4 is 27.3 Å². The van der Waals surface area contributed by atoms with Crippen molar-refractivity contribution in [2.75, 3.05) is 16.2 Å². The van der Waals surface area contributed by atoms with Crippen LogP contribution in [0.25, 0.3) is 0 Å². The Hall–Kier alpha value is -3.39. The number of halogens is 1. The molecule has 0 spiro atoms. The van der Waals surface area contributed by atoms with E-state index in [1.54, 1.807) is 54.6 Å². The van der Waals surface area contributed by atoms with E-state index in [1.165, 1.54) is 25.0 Å². The number of nitrogens with zero attached hydrogens (tertiary/aromatic N) is 1. The van der Waals surface area contributed by atoms with Crippen LogP contribution in [0, 0.1) is 5.82 Å². The summed E-state index contributed by atoms with van der Waals surface area (Å²) in [4.78, 5) is 12.7. The molecule has 6 nitrogen and oxygen atoms in total. The first-order valence-corrected chi connectivity index (χ1v) is 12.3. The number of hydrogen-bond donors (Lipinski definition) is 1. The van der Waals surface area contributed by atoms with Gasteiger partial charge in [0.05, 0.1) is 16.7 Å². The van der Waals surface area contributed by atoms with Gasteiger partial charge in [-0.15, -0.1) is 0 Å². The second kappa shape index (κ2) is 10.0. The van der Waals surface area contributed by atoms with Crippen LogP contribution in [0.5, 0.6) is 5.75 Å². The van der Waals surface area contributed by atoms with Crippen molar-refractivity contribution in [1.29, 1.82) is 0 Å². The normalized spacial score (nSPS) is 14.1. The molecule has 0 aliphatic heterocycles. The monoisotopic (exact) mass is 468 g/mol. The van der Waals surface area contributed by atoms with Gasteiger partial charge < -0.3 is 10.1 Å². The van der Waals surface area contributed by atoms with Gasteiger partial charge in [0, 0.05) is 5.69 Å². The Labute approximate surface area is 193 Å². The molecule has 172 valence electrons. The first-order chi connectivity index (χ1) is 15.9. The van der Waals surface area contributed by atoms with Gasteiger partial charge in [-0.2, -0.15) is 0 Å². The van der Waals surface area contributed by atoms with Crippen molar-refractivity contribution in [3.8, 4) is 5.75 Å². The predicted molar refractivity (Wildman–Crippen MR) is 125 cm³/mol. The molecule has 0 bridgehead atoms. The first kappa shape index (κ1) is 22.8. The summed E-state index contributed by atoms with van der Waals surface area (Å²) < 4.78 is 46.7. The largest absolute Gasteiger partial charge is 0.490 e. The molecule has 0 atom stereocenters. The molecule has 1 N–H and O–H groups in total. The third-order valence-electron chi connectivity index (χ3n) is 5.48. The molecule has 1 saturated carbocycles. The molecule has 3 aromatic carbocycles. The van der Waals surface area contributed by atoms with Gasteiger partial charge in [-0.1, -0.05) is 18.2 Å². The van der Waals surface area contributed by atoms with Crippen LogP contribution in [0.3, 0.4) is 0 Å². The molecule has 0 unspecified atom stereocenters. The number of rotatable bonds is 8. The summed E-state index contributed by atoms with van der Waals surface area (Å²) in [5.41, 5.74) is 0.864. The van der Waals surface area contributed by atoms with Crippen LogP contribution < -0.4 is 14.4 Å². The summed E-state index contributed by atoms with van der Waals surface area (Å²) in [5.74, 6) is -0.308. The maximum absolute atomic E-state index is 13.3. The Morgan fingerprint density at radius 1 is 0.939 bits per heavy atom. The topological polar surface area (TPSA) is 75.7 Å². The highest BCUT2D eigenvalue weighted by molar-refractivity contribution is 7.92. The number of carbonyl (C=O) groups is 1. The molecule has 0 saturated heterocycles. The number of ether oxygens (including phenoxy) is 1. The number of benzene rings is 3. The second-order valence-corrected chi connectivity index (χ2v) is 9.76. The predicted octanol–water partition coefficient (Wildman–Crippen LogP) is 4.98. The van der Waals surface area contributed by atoms with E-state index in [4.69, 9.17) is 4.74 Å². The Kier molecular flexibility index (Phi) is 6.93. The van der Waals surface area contributed by atoms with Crippen molar-refractivity contribution in [2.24, 2.45) is 0 Å². The van der Waals surface area contributed by atoms with Gasteiger partial charge in [-0.3, -0.25) is 9.10 Å². The number of nitrogens with one attached hydrogen (secondary N) is 1. The highest BCUT2D eigenvalue weighted by atomic mass is 32.2. The van der Waals surface area contributed by atoms with E-state index < -0.39 is 28.3 Å². The Morgan fingerprint density at radius 3 is 2.21 bits per heavy atom. The zero-order chi connectivity index (χ0) is 23.3. The van der Waals surface area contributed by atoms with Crippen LogP contribution in [0.2, 0.25) is 0 Å². The van der Waals surface area contributed by atoms with Gasteiger partial charge in [0.25, 0.3) is 10.0 Å². The van der Waals surface area contributed by atoms with Gasteiger partial charge in [0.15, 0.2) is 0 Å². The maximum Gasteiger partial charge on any atom is 0.264 e. The lowest BCUT2D eigenvalue weighted by Crippen LogP contribution is -2.38. The Balaban J connectivity index is 1.49. The van der Waals surface area contributed by atoms with E-state index >= 15 is 0 Å². The summed E-state index contributed by atoms with van der Waals surface area (Å²) in [6.45, 7) is -0.440. The molecule has 3 aromatic rings. The summed E-state index contributed by atoms with van der Waals surface area (Å²) in [6, 6.07) is 19.9. The molecule has 1 aliphatic carbocycles. The van der Waals surface area contributed by atoms with E-state index in [1.807, 2.05) is 0 Å². The number of carbonyl (C=O) groups excluding carboxylic acids is 1. The van der Waals surface area contributed by atoms with Crippen LogP contribution >= 0.6 is 0 Å². The standard InChI is InChI=1S/C25H25FN2O4S/c26-19-10-16-24(17-11-19)33(30,31)28(21-6-2-1-3-7-21)18-25(29)27-20-12-14-23(15-13-20)32-22-8-4-5-9-22/h1-3,6-7,10-17,22H,4-5,8-9,18H2,(H,27,29). The minimum atomic E-state index is -4.09. The van der Waals surface area contributed by atoms with Gasteiger partial charge in [0.2, 0.25) is 5.91 Å². The van der Waals surface area contributed by atoms with E-state index in [2.05, 4.69) is 5.32 Å². The zero-order valence-electron chi connectivity index (χ0n) is 18.0. The van der Waals surface area contributed by atoms with Crippen molar-refractivity contribution < 1.29 is 22.3 Å². The Morgan fingerprint density at radius 2 is 1.58 bits per heavy atom. The van der Waals surface area contributed by atoms with Crippen molar-refractivity contribution in [1.82, 2.24) is 0 Å². The van der Waals surface area contributed by atoms with Crippen molar-refractivity contribution in [3.05, 3.63) is 84.7 Å².